The van der Waals surface area contributed by atoms with Crippen molar-refractivity contribution in [2.24, 2.45) is 0 Å². The van der Waals surface area contributed by atoms with E-state index in [9.17, 15) is 4.79 Å². The molecule has 0 spiro atoms. The molecular weight excluding hydrogens is 234 g/mol. The molecule has 0 aliphatic heterocycles. The molecule has 1 aromatic carbocycles. The molecular formula is C13H13NO4. The smallest absolute Gasteiger partial charge is 0.341 e. The number of benzene rings is 1. The van der Waals surface area contributed by atoms with Crippen LogP contribution in [0.3, 0.4) is 0 Å². The van der Waals surface area contributed by atoms with Gasteiger partial charge in [0.25, 0.3) is 0 Å². The van der Waals surface area contributed by atoms with Crippen LogP contribution in [0, 0.1) is 0 Å². The summed E-state index contributed by atoms with van der Waals surface area (Å²) < 4.78 is 15.5. The van der Waals surface area contributed by atoms with Crippen molar-refractivity contribution in [1.82, 2.24) is 4.98 Å². The molecule has 5 nitrogen and oxygen atoms in total. The highest BCUT2D eigenvalue weighted by atomic mass is 16.5. The van der Waals surface area contributed by atoms with Crippen LogP contribution in [0.1, 0.15) is 17.3 Å². The fourth-order valence-electron chi connectivity index (χ4n) is 1.67. The summed E-state index contributed by atoms with van der Waals surface area (Å²) in [6.45, 7) is 2.07. The van der Waals surface area contributed by atoms with E-state index in [-0.39, 0.29) is 0 Å². The van der Waals surface area contributed by atoms with Gasteiger partial charge in [-0.2, -0.15) is 0 Å². The van der Waals surface area contributed by atoms with Crippen LogP contribution in [0.25, 0.3) is 11.3 Å². The van der Waals surface area contributed by atoms with Crippen molar-refractivity contribution in [3.63, 3.8) is 0 Å². The monoisotopic (exact) mass is 247 g/mol. The van der Waals surface area contributed by atoms with Crippen LogP contribution in [0.5, 0.6) is 5.75 Å². The second-order valence-electron chi connectivity index (χ2n) is 3.47. The molecule has 0 aliphatic carbocycles. The largest absolute Gasteiger partial charge is 0.495 e. The zero-order valence-electron chi connectivity index (χ0n) is 10.2. The van der Waals surface area contributed by atoms with E-state index in [2.05, 4.69) is 4.98 Å². The summed E-state index contributed by atoms with van der Waals surface area (Å²) in [6, 6.07) is 5.19. The quantitative estimate of drug-likeness (QED) is 0.777. The van der Waals surface area contributed by atoms with Crippen LogP contribution < -0.4 is 4.74 Å². The molecule has 0 radical (unpaired) electrons. The summed E-state index contributed by atoms with van der Waals surface area (Å²) >= 11 is 0. The highest BCUT2D eigenvalue weighted by molar-refractivity contribution is 5.95. The number of hydrogen-bond donors (Lipinski definition) is 0. The van der Waals surface area contributed by atoms with Crippen LogP contribution in [0.4, 0.5) is 0 Å². The third kappa shape index (κ3) is 2.20. The van der Waals surface area contributed by atoms with Crippen LogP contribution in [0.2, 0.25) is 0 Å². The maximum absolute atomic E-state index is 11.8. The molecule has 0 atom stereocenters. The number of methoxy groups -OCH3 is 1. The van der Waals surface area contributed by atoms with Gasteiger partial charge in [-0.25, -0.2) is 9.78 Å². The van der Waals surface area contributed by atoms with E-state index in [1.807, 2.05) is 0 Å². The number of ether oxygens (including phenoxy) is 2. The summed E-state index contributed by atoms with van der Waals surface area (Å²) in [5.74, 6) is 0.543. The van der Waals surface area contributed by atoms with Crippen molar-refractivity contribution in [1.29, 1.82) is 0 Å². The first-order valence-electron chi connectivity index (χ1n) is 5.51. The molecule has 2 rings (SSSR count). The van der Waals surface area contributed by atoms with E-state index < -0.39 is 5.97 Å². The first kappa shape index (κ1) is 12.2. The van der Waals surface area contributed by atoms with Gasteiger partial charge in [-0.1, -0.05) is 6.07 Å². The number of rotatable bonds is 4. The normalized spacial score (nSPS) is 10.1. The molecule has 0 saturated heterocycles. The van der Waals surface area contributed by atoms with Crippen LogP contribution in [-0.2, 0) is 4.74 Å². The molecule has 5 heteroatoms. The van der Waals surface area contributed by atoms with Crippen molar-refractivity contribution in [2.45, 2.75) is 6.92 Å². The van der Waals surface area contributed by atoms with E-state index >= 15 is 0 Å². The Hall–Kier alpha value is -2.30. The third-order valence-corrected chi connectivity index (χ3v) is 2.41. The lowest BCUT2D eigenvalue weighted by Gasteiger charge is -2.10. The Morgan fingerprint density at radius 1 is 1.44 bits per heavy atom. The number of aromatic nitrogens is 1. The van der Waals surface area contributed by atoms with Gasteiger partial charge in [0.15, 0.2) is 12.2 Å². The third-order valence-electron chi connectivity index (χ3n) is 2.41. The SMILES string of the molecule is CCOC(=O)c1cccc(-c2cnco2)c1OC. The summed E-state index contributed by atoms with van der Waals surface area (Å²) in [7, 11) is 1.50. The second kappa shape index (κ2) is 5.35. The van der Waals surface area contributed by atoms with Gasteiger partial charge in [0, 0.05) is 0 Å². The minimum absolute atomic E-state index is 0.314. The number of nitrogens with zero attached hydrogens (tertiary/aromatic N) is 1. The van der Waals surface area contributed by atoms with Crippen LogP contribution in [-0.4, -0.2) is 24.7 Å². The Labute approximate surface area is 104 Å². The predicted molar refractivity (Wildman–Crippen MR) is 64.4 cm³/mol. The summed E-state index contributed by atoms with van der Waals surface area (Å²) in [5.41, 5.74) is 1.04. The Bertz CT molecular complexity index is 534. The standard InChI is InChI=1S/C13H13NO4/c1-3-17-13(15)10-6-4-5-9(12(10)16-2)11-7-14-8-18-11/h4-8H,3H2,1-2H3. The van der Waals surface area contributed by atoms with Gasteiger partial charge in [0.1, 0.15) is 11.3 Å². The number of oxazole rings is 1. The minimum Gasteiger partial charge on any atom is -0.495 e. The highest BCUT2D eigenvalue weighted by Gasteiger charge is 2.18. The molecule has 0 unspecified atom stereocenters. The molecule has 94 valence electrons. The number of hydrogen-bond acceptors (Lipinski definition) is 5. The van der Waals surface area contributed by atoms with E-state index in [0.29, 0.717) is 29.2 Å². The van der Waals surface area contributed by atoms with E-state index in [1.54, 1.807) is 31.3 Å². The van der Waals surface area contributed by atoms with Crippen LogP contribution >= 0.6 is 0 Å². The van der Waals surface area contributed by atoms with Crippen molar-refractivity contribution < 1.29 is 18.7 Å². The zero-order valence-corrected chi connectivity index (χ0v) is 10.2. The maximum Gasteiger partial charge on any atom is 0.341 e. The maximum atomic E-state index is 11.8. The first-order chi connectivity index (χ1) is 8.77. The van der Waals surface area contributed by atoms with Crippen molar-refractivity contribution in [3.05, 3.63) is 36.4 Å². The van der Waals surface area contributed by atoms with Gasteiger partial charge in [-0.3, -0.25) is 0 Å². The van der Waals surface area contributed by atoms with Gasteiger partial charge < -0.3 is 13.9 Å². The van der Waals surface area contributed by atoms with Crippen molar-refractivity contribution in [3.8, 4) is 17.1 Å². The van der Waals surface area contributed by atoms with Crippen molar-refractivity contribution in [2.75, 3.05) is 13.7 Å². The molecule has 0 N–H and O–H groups in total. The predicted octanol–water partition coefficient (Wildman–Crippen LogP) is 2.53. The van der Waals surface area contributed by atoms with E-state index in [1.165, 1.54) is 13.5 Å². The number of esters is 1. The molecule has 0 saturated carbocycles. The summed E-state index contributed by atoms with van der Waals surface area (Å²) in [5, 5.41) is 0. The molecule has 0 amide bonds. The number of carbonyl (C=O) groups excluding carboxylic acids is 1. The average Bonchev–Trinajstić information content (AvgIpc) is 2.91. The summed E-state index contributed by atoms with van der Waals surface area (Å²) in [4.78, 5) is 15.6. The molecule has 1 aromatic heterocycles. The van der Waals surface area contributed by atoms with E-state index in [4.69, 9.17) is 13.9 Å². The average molecular weight is 247 g/mol. The Morgan fingerprint density at radius 2 is 2.28 bits per heavy atom. The van der Waals surface area contributed by atoms with Gasteiger partial charge in [-0.05, 0) is 19.1 Å². The Balaban J connectivity index is 2.49. The molecule has 0 bridgehead atoms. The van der Waals surface area contributed by atoms with Gasteiger partial charge in [0.2, 0.25) is 0 Å². The number of carbonyl (C=O) groups is 1. The van der Waals surface area contributed by atoms with Crippen molar-refractivity contribution >= 4 is 5.97 Å². The molecule has 18 heavy (non-hydrogen) atoms. The number of para-hydroxylation sites is 1. The van der Waals surface area contributed by atoms with E-state index in [0.717, 1.165) is 0 Å². The van der Waals surface area contributed by atoms with Gasteiger partial charge in [0.05, 0.1) is 25.5 Å². The zero-order chi connectivity index (χ0) is 13.0. The second-order valence-corrected chi connectivity index (χ2v) is 3.47. The molecule has 1 heterocycles. The Kier molecular flexibility index (Phi) is 3.62. The Morgan fingerprint density at radius 3 is 2.89 bits per heavy atom. The first-order valence-corrected chi connectivity index (χ1v) is 5.51. The summed E-state index contributed by atoms with van der Waals surface area (Å²) in [6.07, 6.45) is 2.89. The lowest BCUT2D eigenvalue weighted by molar-refractivity contribution is 0.0523. The lowest BCUT2D eigenvalue weighted by atomic mass is 10.1. The molecule has 0 fully saturated rings. The van der Waals surface area contributed by atoms with Gasteiger partial charge in [-0.15, -0.1) is 0 Å². The fraction of sp³-hybridized carbons (Fsp3) is 0.231. The topological polar surface area (TPSA) is 61.6 Å². The molecule has 0 aliphatic rings. The highest BCUT2D eigenvalue weighted by Crippen LogP contribution is 2.33. The fourth-order valence-corrected chi connectivity index (χ4v) is 1.67. The minimum atomic E-state index is -0.421. The van der Waals surface area contributed by atoms with Crippen LogP contribution in [0.15, 0.2) is 35.2 Å². The lowest BCUT2D eigenvalue weighted by Crippen LogP contribution is -2.07. The van der Waals surface area contributed by atoms with Gasteiger partial charge >= 0.3 is 5.97 Å². The molecule has 2 aromatic rings.